The summed E-state index contributed by atoms with van der Waals surface area (Å²) in [6.07, 6.45) is 3.33. The van der Waals surface area contributed by atoms with Gasteiger partial charge in [0.25, 0.3) is 11.8 Å². The van der Waals surface area contributed by atoms with E-state index in [9.17, 15) is 9.59 Å². The van der Waals surface area contributed by atoms with Crippen molar-refractivity contribution >= 4 is 44.5 Å². The number of rotatable bonds is 6. The highest BCUT2D eigenvalue weighted by Gasteiger charge is 2.25. The summed E-state index contributed by atoms with van der Waals surface area (Å²) in [6.45, 7) is 1.85. The van der Waals surface area contributed by atoms with Gasteiger partial charge < -0.3 is 21.4 Å². The highest BCUT2D eigenvalue weighted by Crippen LogP contribution is 2.24. The zero-order valence-electron chi connectivity index (χ0n) is 17.3. The number of anilines is 1. The summed E-state index contributed by atoms with van der Waals surface area (Å²) in [5, 5.41) is 6.79. The van der Waals surface area contributed by atoms with Crippen molar-refractivity contribution in [2.75, 3.05) is 5.73 Å². The zero-order valence-corrected chi connectivity index (χ0v) is 18.9. The van der Waals surface area contributed by atoms with Gasteiger partial charge in [-0.15, -0.1) is 0 Å². The number of H-pyrrole nitrogens is 1. The average molecular weight is 492 g/mol. The van der Waals surface area contributed by atoms with Gasteiger partial charge in [-0.2, -0.15) is 0 Å². The molecule has 32 heavy (non-hydrogen) atoms. The lowest BCUT2D eigenvalue weighted by atomic mass is 9.99. The Bertz CT molecular complexity index is 1270. The lowest BCUT2D eigenvalue weighted by Gasteiger charge is -2.27. The number of nitrogen functional groups attached to an aromatic ring is 1. The van der Waals surface area contributed by atoms with Gasteiger partial charge in [-0.3, -0.25) is 9.59 Å². The molecule has 2 heterocycles. The monoisotopic (exact) mass is 491 g/mol. The molecule has 8 heteroatoms. The van der Waals surface area contributed by atoms with Crippen LogP contribution in [0.2, 0.25) is 0 Å². The van der Waals surface area contributed by atoms with Crippen molar-refractivity contribution in [2.45, 2.75) is 19.0 Å². The predicted molar refractivity (Wildman–Crippen MR) is 128 cm³/mol. The number of amides is 2. The average Bonchev–Trinajstić information content (AvgIpc) is 3.28. The Morgan fingerprint density at radius 2 is 1.72 bits per heavy atom. The lowest BCUT2D eigenvalue weighted by Crippen LogP contribution is -2.44. The summed E-state index contributed by atoms with van der Waals surface area (Å²) < 4.78 is 0.652. The first-order valence-electron chi connectivity index (χ1n) is 10.1. The van der Waals surface area contributed by atoms with Crippen molar-refractivity contribution in [2.24, 2.45) is 0 Å². The van der Waals surface area contributed by atoms with Crippen LogP contribution in [0.15, 0.2) is 77.5 Å². The molecule has 2 aromatic carbocycles. The molecular weight excluding hydrogens is 470 g/mol. The Balaban J connectivity index is 1.61. The Morgan fingerprint density at radius 1 is 0.969 bits per heavy atom. The summed E-state index contributed by atoms with van der Waals surface area (Å²) in [4.78, 5) is 33.4. The third kappa shape index (κ3) is 4.36. The molecule has 2 aromatic heterocycles. The molecule has 7 nitrogen and oxygen atoms in total. The fourth-order valence-corrected chi connectivity index (χ4v) is 4.00. The van der Waals surface area contributed by atoms with Gasteiger partial charge in [-0.05, 0) is 52.7 Å². The molecule has 2 amide bonds. The number of nitrogens with two attached hydrogens (primary N) is 1. The number of hydrogen-bond donors (Lipinski definition) is 4. The first-order chi connectivity index (χ1) is 15.5. The number of aromatic amines is 1. The van der Waals surface area contributed by atoms with Crippen LogP contribution in [0.1, 0.15) is 39.2 Å². The summed E-state index contributed by atoms with van der Waals surface area (Å²) in [5.74, 6) is -0.572. The van der Waals surface area contributed by atoms with Crippen LogP contribution in [0.3, 0.4) is 0 Å². The second kappa shape index (κ2) is 9.23. The van der Waals surface area contributed by atoms with Crippen LogP contribution < -0.4 is 16.4 Å². The SMILES string of the molecule is CC(NC(=O)c1cccc(Br)c1N)C(NC(=O)c1ccnc2[nH]ccc12)c1ccccc1. The first-order valence-corrected chi connectivity index (χ1v) is 10.9. The van der Waals surface area contributed by atoms with Crippen LogP contribution in [0.4, 0.5) is 5.69 Å². The number of para-hydroxylation sites is 1. The van der Waals surface area contributed by atoms with Crippen molar-refractivity contribution in [1.29, 1.82) is 0 Å². The molecule has 0 aliphatic heterocycles. The maximum absolute atomic E-state index is 13.2. The van der Waals surface area contributed by atoms with E-state index in [0.29, 0.717) is 26.9 Å². The molecule has 0 aliphatic rings. The van der Waals surface area contributed by atoms with E-state index in [1.54, 1.807) is 36.7 Å². The highest BCUT2D eigenvalue weighted by atomic mass is 79.9. The quantitative estimate of drug-likeness (QED) is 0.302. The van der Waals surface area contributed by atoms with Crippen LogP contribution in [0.25, 0.3) is 11.0 Å². The summed E-state index contributed by atoms with van der Waals surface area (Å²) in [7, 11) is 0. The Morgan fingerprint density at radius 3 is 2.50 bits per heavy atom. The van der Waals surface area contributed by atoms with Gasteiger partial charge in [-0.25, -0.2) is 4.98 Å². The van der Waals surface area contributed by atoms with Gasteiger partial charge in [0.2, 0.25) is 0 Å². The normalized spacial score (nSPS) is 12.8. The van der Waals surface area contributed by atoms with E-state index >= 15 is 0 Å². The molecule has 2 unspecified atom stereocenters. The third-order valence-electron chi connectivity index (χ3n) is 5.31. The van der Waals surface area contributed by atoms with Crippen LogP contribution in [-0.4, -0.2) is 27.8 Å². The smallest absolute Gasteiger partial charge is 0.253 e. The molecule has 0 spiro atoms. The Kier molecular flexibility index (Phi) is 6.23. The van der Waals surface area contributed by atoms with Crippen LogP contribution in [0, 0.1) is 0 Å². The van der Waals surface area contributed by atoms with E-state index < -0.39 is 12.1 Å². The molecule has 0 radical (unpaired) electrons. The molecule has 0 bridgehead atoms. The molecule has 0 fully saturated rings. The van der Waals surface area contributed by atoms with E-state index in [0.717, 1.165) is 10.9 Å². The molecule has 5 N–H and O–H groups in total. The van der Waals surface area contributed by atoms with Crippen molar-refractivity contribution in [3.8, 4) is 0 Å². The fraction of sp³-hybridized carbons (Fsp3) is 0.125. The van der Waals surface area contributed by atoms with Crippen LogP contribution >= 0.6 is 15.9 Å². The van der Waals surface area contributed by atoms with Crippen molar-refractivity contribution in [1.82, 2.24) is 20.6 Å². The topological polar surface area (TPSA) is 113 Å². The number of hydrogen-bond acceptors (Lipinski definition) is 4. The maximum Gasteiger partial charge on any atom is 0.253 e. The standard InChI is InChI=1S/C24H22BrN5O2/c1-14(29-24(32)18-8-5-9-19(25)20(18)26)21(15-6-3-2-4-7-15)30-23(31)17-11-13-28-22-16(17)10-12-27-22/h2-14,21H,26H2,1H3,(H,27,28)(H,29,32)(H,30,31). The predicted octanol–water partition coefficient (Wildman–Crippen LogP) is 4.20. The van der Waals surface area contributed by atoms with Crippen LogP contribution in [0.5, 0.6) is 0 Å². The molecule has 4 aromatic rings. The summed E-state index contributed by atoms with van der Waals surface area (Å²) in [5.41, 5.74) is 8.81. The number of benzene rings is 2. The zero-order chi connectivity index (χ0) is 22.7. The second-order valence-corrected chi connectivity index (χ2v) is 8.28. The van der Waals surface area contributed by atoms with Crippen molar-refractivity contribution < 1.29 is 9.59 Å². The van der Waals surface area contributed by atoms with Gasteiger partial charge in [0.1, 0.15) is 5.65 Å². The molecule has 0 saturated heterocycles. The number of nitrogens with zero attached hydrogens (tertiary/aromatic N) is 1. The minimum Gasteiger partial charge on any atom is -0.397 e. The Labute approximate surface area is 193 Å². The minimum atomic E-state index is -0.469. The number of aromatic nitrogens is 2. The molecule has 4 rings (SSSR count). The van der Waals surface area contributed by atoms with Crippen molar-refractivity contribution in [3.05, 3.63) is 94.2 Å². The van der Waals surface area contributed by atoms with E-state index in [-0.39, 0.29) is 11.8 Å². The van der Waals surface area contributed by atoms with Gasteiger partial charge in [0.05, 0.1) is 28.9 Å². The highest BCUT2D eigenvalue weighted by molar-refractivity contribution is 9.10. The number of carbonyl (C=O) groups excluding carboxylic acids is 2. The minimum absolute atomic E-state index is 0.256. The lowest BCUT2D eigenvalue weighted by molar-refractivity contribution is 0.0888. The Hall–Kier alpha value is -3.65. The van der Waals surface area contributed by atoms with Crippen molar-refractivity contribution in [3.63, 3.8) is 0 Å². The number of fused-ring (bicyclic) bond motifs is 1. The van der Waals surface area contributed by atoms with Gasteiger partial charge in [0.15, 0.2) is 0 Å². The van der Waals surface area contributed by atoms with E-state index in [1.165, 1.54) is 0 Å². The molecule has 0 aliphatic carbocycles. The van der Waals surface area contributed by atoms with Gasteiger partial charge in [-0.1, -0.05) is 36.4 Å². The maximum atomic E-state index is 13.2. The van der Waals surface area contributed by atoms with E-state index in [4.69, 9.17) is 5.73 Å². The molecule has 0 saturated carbocycles. The molecule has 162 valence electrons. The third-order valence-corrected chi connectivity index (χ3v) is 6.00. The number of halogens is 1. The van der Waals surface area contributed by atoms with E-state index in [2.05, 4.69) is 36.5 Å². The number of pyridine rings is 1. The number of carbonyl (C=O) groups is 2. The van der Waals surface area contributed by atoms with Gasteiger partial charge >= 0.3 is 0 Å². The van der Waals surface area contributed by atoms with Crippen LogP contribution in [-0.2, 0) is 0 Å². The number of nitrogens with one attached hydrogen (secondary N) is 3. The molecular formula is C24H22BrN5O2. The summed E-state index contributed by atoms with van der Waals surface area (Å²) in [6, 6.07) is 17.3. The first kappa shape index (κ1) is 21.6. The molecule has 2 atom stereocenters. The van der Waals surface area contributed by atoms with E-state index in [1.807, 2.05) is 43.3 Å². The second-order valence-electron chi connectivity index (χ2n) is 7.42. The van der Waals surface area contributed by atoms with Gasteiger partial charge in [0, 0.05) is 22.3 Å². The largest absolute Gasteiger partial charge is 0.397 e. The summed E-state index contributed by atoms with van der Waals surface area (Å²) >= 11 is 3.35. The fourth-order valence-electron chi connectivity index (χ4n) is 3.64.